The van der Waals surface area contributed by atoms with Gasteiger partial charge in [-0.05, 0) is 94.6 Å². The first kappa shape index (κ1) is 28.8. The van der Waals surface area contributed by atoms with Gasteiger partial charge in [-0.15, -0.1) is 0 Å². The lowest BCUT2D eigenvalue weighted by Crippen LogP contribution is -2.27. The summed E-state index contributed by atoms with van der Waals surface area (Å²) in [6, 6.07) is 14.1. The number of nitrogens with one attached hydrogen (secondary N) is 1. The van der Waals surface area contributed by atoms with Gasteiger partial charge in [-0.25, -0.2) is 0 Å². The van der Waals surface area contributed by atoms with Crippen LogP contribution in [-0.2, 0) is 16.1 Å². The molecule has 0 atom stereocenters. The number of carbonyl (C=O) groups is 3. The number of aryl methyl sites for hydroxylation is 1. The van der Waals surface area contributed by atoms with Gasteiger partial charge in [0.05, 0.1) is 22.5 Å². The maximum absolute atomic E-state index is 13.2. The summed E-state index contributed by atoms with van der Waals surface area (Å²) in [6.45, 7) is 3.93. The van der Waals surface area contributed by atoms with Crippen LogP contribution in [0.5, 0.6) is 23.0 Å². The lowest BCUT2D eigenvalue weighted by Gasteiger charge is -2.15. The first-order valence-corrected chi connectivity index (χ1v) is 14.5. The van der Waals surface area contributed by atoms with Gasteiger partial charge in [0.25, 0.3) is 17.1 Å². The van der Waals surface area contributed by atoms with E-state index < -0.39 is 11.1 Å². The topological polar surface area (TPSA) is 103 Å². The van der Waals surface area contributed by atoms with E-state index in [1.165, 1.54) is 0 Å². The summed E-state index contributed by atoms with van der Waals surface area (Å²) in [5, 5.41) is 2.75. The van der Waals surface area contributed by atoms with E-state index in [9.17, 15) is 14.4 Å². The van der Waals surface area contributed by atoms with Crippen molar-refractivity contribution < 1.29 is 33.3 Å². The molecule has 0 saturated carbocycles. The zero-order chi connectivity index (χ0) is 29.1. The smallest absolute Gasteiger partial charge is 0.293 e. The number of benzene rings is 3. The number of imide groups is 1. The highest BCUT2D eigenvalue weighted by Gasteiger charge is 2.36. The van der Waals surface area contributed by atoms with Crippen molar-refractivity contribution in [2.24, 2.45) is 0 Å². The molecule has 1 fully saturated rings. The molecule has 212 valence electrons. The number of nitrogens with zero attached hydrogens (tertiary/aromatic N) is 1. The molecule has 0 aliphatic carbocycles. The Labute approximate surface area is 253 Å². The van der Waals surface area contributed by atoms with Crippen LogP contribution in [0.25, 0.3) is 6.08 Å². The molecule has 3 amide bonds. The Balaban J connectivity index is 1.31. The Bertz CT molecular complexity index is 1580. The van der Waals surface area contributed by atoms with Crippen molar-refractivity contribution in [3.05, 3.63) is 79.6 Å². The molecule has 0 aromatic heterocycles. The van der Waals surface area contributed by atoms with E-state index in [-0.39, 0.29) is 30.8 Å². The Hall–Kier alpha value is -3.67. The number of hydrogen-bond donors (Lipinski definition) is 1. The highest BCUT2D eigenvalue weighted by Crippen LogP contribution is 2.41. The number of halogens is 2. The lowest BCUT2D eigenvalue weighted by molar-refractivity contribution is -0.123. The Morgan fingerprint density at radius 1 is 1.15 bits per heavy atom. The third-order valence-electron chi connectivity index (χ3n) is 6.02. The van der Waals surface area contributed by atoms with E-state index >= 15 is 0 Å². The minimum Gasteiger partial charge on any atom is -0.490 e. The summed E-state index contributed by atoms with van der Waals surface area (Å²) in [7, 11) is 0. The number of fused-ring (bicyclic) bond motifs is 1. The number of ether oxygens (including phenoxy) is 4. The molecule has 3 aromatic carbocycles. The standard InChI is InChI=1S/C29H24BrClN2O7S/c1-3-37-24-9-17(8-20(30)27(24)38-14-26(34)32-19-6-4-5-16(2)7-19)10-25-28(35)33(29(36)41-25)13-18-11-22-23(12-21(18)31)40-15-39-22/h4-12H,3,13-15H2,1-2H3,(H,32,34)/b25-10-. The fourth-order valence-corrected chi connectivity index (χ4v) is 5.80. The summed E-state index contributed by atoms with van der Waals surface area (Å²) in [6.07, 6.45) is 1.60. The predicted molar refractivity (Wildman–Crippen MR) is 160 cm³/mol. The van der Waals surface area contributed by atoms with E-state index in [4.69, 9.17) is 30.5 Å². The predicted octanol–water partition coefficient (Wildman–Crippen LogP) is 6.79. The molecular weight excluding hydrogens is 636 g/mol. The van der Waals surface area contributed by atoms with Crippen molar-refractivity contribution in [1.82, 2.24) is 4.90 Å². The number of rotatable bonds is 9. The molecule has 9 nitrogen and oxygen atoms in total. The van der Waals surface area contributed by atoms with E-state index in [1.807, 2.05) is 32.0 Å². The Kier molecular flexibility index (Phi) is 8.77. The molecule has 1 N–H and O–H groups in total. The van der Waals surface area contributed by atoms with Crippen molar-refractivity contribution in [2.45, 2.75) is 20.4 Å². The van der Waals surface area contributed by atoms with E-state index in [0.717, 1.165) is 22.2 Å². The Morgan fingerprint density at radius 2 is 1.93 bits per heavy atom. The number of hydrogen-bond acceptors (Lipinski definition) is 8. The molecule has 5 rings (SSSR count). The van der Waals surface area contributed by atoms with Crippen LogP contribution in [0.1, 0.15) is 23.6 Å². The minimum atomic E-state index is -0.448. The maximum atomic E-state index is 13.2. The molecule has 41 heavy (non-hydrogen) atoms. The highest BCUT2D eigenvalue weighted by molar-refractivity contribution is 9.10. The molecule has 0 bridgehead atoms. The van der Waals surface area contributed by atoms with E-state index in [1.54, 1.807) is 36.4 Å². The molecular formula is C29H24BrClN2O7S. The molecule has 1 saturated heterocycles. The second kappa shape index (κ2) is 12.5. The molecule has 3 aromatic rings. The minimum absolute atomic E-state index is 0.0111. The molecule has 12 heteroatoms. The normalized spacial score (nSPS) is 15.0. The second-order valence-electron chi connectivity index (χ2n) is 9.03. The summed E-state index contributed by atoms with van der Waals surface area (Å²) in [5.41, 5.74) is 2.86. The van der Waals surface area contributed by atoms with Crippen molar-refractivity contribution in [3.8, 4) is 23.0 Å². The van der Waals surface area contributed by atoms with Gasteiger partial charge in [0.1, 0.15) is 0 Å². The van der Waals surface area contributed by atoms with Gasteiger partial charge >= 0.3 is 0 Å². The Morgan fingerprint density at radius 3 is 2.68 bits per heavy atom. The largest absolute Gasteiger partial charge is 0.490 e. The van der Waals surface area contributed by atoms with Crippen LogP contribution >= 0.6 is 39.3 Å². The number of carbonyl (C=O) groups excluding carboxylic acids is 3. The van der Waals surface area contributed by atoms with Crippen LogP contribution < -0.4 is 24.3 Å². The average Bonchev–Trinajstić information content (AvgIpc) is 3.47. The fourth-order valence-electron chi connectivity index (χ4n) is 4.17. The number of amides is 3. The zero-order valence-corrected chi connectivity index (χ0v) is 25.2. The van der Waals surface area contributed by atoms with E-state index in [0.29, 0.717) is 55.9 Å². The van der Waals surface area contributed by atoms with Gasteiger partial charge in [0.2, 0.25) is 6.79 Å². The van der Waals surface area contributed by atoms with Gasteiger partial charge in [0, 0.05) is 16.8 Å². The second-order valence-corrected chi connectivity index (χ2v) is 11.3. The molecule has 2 aliphatic rings. The van der Waals surface area contributed by atoms with Crippen LogP contribution in [0.15, 0.2) is 57.9 Å². The third-order valence-corrected chi connectivity index (χ3v) is 7.87. The summed E-state index contributed by atoms with van der Waals surface area (Å²) in [5.74, 6) is 0.969. The number of anilines is 1. The van der Waals surface area contributed by atoms with Gasteiger partial charge in [-0.1, -0.05) is 23.7 Å². The highest BCUT2D eigenvalue weighted by atomic mass is 79.9. The van der Waals surface area contributed by atoms with Crippen LogP contribution in [-0.4, -0.2) is 42.0 Å². The number of thioether (sulfide) groups is 1. The molecule has 0 spiro atoms. The van der Waals surface area contributed by atoms with Crippen molar-refractivity contribution in [2.75, 3.05) is 25.3 Å². The fraction of sp³-hybridized carbons (Fsp3) is 0.207. The quantitative estimate of drug-likeness (QED) is 0.251. The van der Waals surface area contributed by atoms with E-state index in [2.05, 4.69) is 21.2 Å². The molecule has 2 heterocycles. The van der Waals surface area contributed by atoms with Gasteiger partial charge in [-0.2, -0.15) is 0 Å². The average molecular weight is 660 g/mol. The maximum Gasteiger partial charge on any atom is 0.293 e. The van der Waals surface area contributed by atoms with Gasteiger partial charge < -0.3 is 24.3 Å². The SMILES string of the molecule is CCOc1cc(/C=C2\SC(=O)N(Cc3cc4c(cc3Cl)OCO4)C2=O)cc(Br)c1OCC(=O)Nc1cccc(C)c1. The van der Waals surface area contributed by atoms with Crippen LogP contribution in [0, 0.1) is 6.92 Å². The summed E-state index contributed by atoms with van der Waals surface area (Å²) < 4.78 is 22.8. The summed E-state index contributed by atoms with van der Waals surface area (Å²) >= 11 is 10.7. The molecule has 0 radical (unpaired) electrons. The van der Waals surface area contributed by atoms with Gasteiger partial charge in [-0.3, -0.25) is 19.3 Å². The van der Waals surface area contributed by atoms with Gasteiger partial charge in [0.15, 0.2) is 29.6 Å². The van der Waals surface area contributed by atoms with Crippen LogP contribution in [0.4, 0.5) is 10.5 Å². The molecule has 2 aliphatic heterocycles. The van der Waals surface area contributed by atoms with Crippen LogP contribution in [0.2, 0.25) is 5.02 Å². The monoisotopic (exact) mass is 658 g/mol. The lowest BCUT2D eigenvalue weighted by atomic mass is 10.1. The van der Waals surface area contributed by atoms with Crippen molar-refractivity contribution in [3.63, 3.8) is 0 Å². The summed E-state index contributed by atoms with van der Waals surface area (Å²) in [4.78, 5) is 39.8. The zero-order valence-electron chi connectivity index (χ0n) is 22.0. The first-order chi connectivity index (χ1) is 19.7. The first-order valence-electron chi connectivity index (χ1n) is 12.5. The van der Waals surface area contributed by atoms with Crippen molar-refractivity contribution >= 4 is 68.1 Å². The molecule has 0 unspecified atom stereocenters. The van der Waals surface area contributed by atoms with Crippen molar-refractivity contribution in [1.29, 1.82) is 0 Å². The van der Waals surface area contributed by atoms with Crippen LogP contribution in [0.3, 0.4) is 0 Å². The third kappa shape index (κ3) is 6.64.